The van der Waals surface area contributed by atoms with Crippen LogP contribution in [-0.4, -0.2) is 26.0 Å². The van der Waals surface area contributed by atoms with E-state index in [0.717, 1.165) is 56.7 Å². The van der Waals surface area contributed by atoms with Crippen LogP contribution < -0.4 is 9.47 Å². The fraction of sp³-hybridized carbons (Fsp3) is 0.320. The van der Waals surface area contributed by atoms with Crippen LogP contribution in [0.25, 0.3) is 10.9 Å². The highest BCUT2D eigenvalue weighted by molar-refractivity contribution is 9.10. The summed E-state index contributed by atoms with van der Waals surface area (Å²) < 4.78 is 17.1. The number of nitrogens with one attached hydrogen (secondary N) is 1. The summed E-state index contributed by atoms with van der Waals surface area (Å²) in [7, 11) is 0. The van der Waals surface area contributed by atoms with Crippen molar-refractivity contribution < 1.29 is 14.6 Å². The van der Waals surface area contributed by atoms with Gasteiger partial charge in [0.15, 0.2) is 16.3 Å². The van der Waals surface area contributed by atoms with Crippen molar-refractivity contribution in [2.75, 3.05) is 6.79 Å². The van der Waals surface area contributed by atoms with Gasteiger partial charge in [-0.2, -0.15) is 0 Å². The summed E-state index contributed by atoms with van der Waals surface area (Å²) in [4.78, 5) is 3.68. The third kappa shape index (κ3) is 2.80. The molecule has 1 aliphatic carbocycles. The van der Waals surface area contributed by atoms with Crippen LogP contribution >= 0.6 is 28.1 Å². The number of imidazole rings is 1. The largest absolute Gasteiger partial charge is 0.493 e. The molecule has 3 aliphatic rings. The number of halogens is 1. The van der Waals surface area contributed by atoms with Crippen molar-refractivity contribution in [2.24, 2.45) is 0 Å². The molecule has 2 N–H and O–H groups in total. The van der Waals surface area contributed by atoms with Gasteiger partial charge in [-0.3, -0.25) is 4.57 Å². The van der Waals surface area contributed by atoms with E-state index in [4.69, 9.17) is 21.7 Å². The van der Waals surface area contributed by atoms with E-state index in [9.17, 15) is 5.11 Å². The summed E-state index contributed by atoms with van der Waals surface area (Å²) in [6.07, 6.45) is 5.09. The molecule has 0 radical (unpaired) electrons. The minimum absolute atomic E-state index is 0.189. The Hall–Kier alpha value is -2.71. The minimum atomic E-state index is -0.189. The second-order valence-electron chi connectivity index (χ2n) is 9.13. The smallest absolute Gasteiger partial charge is 0.231 e. The molecule has 0 spiro atoms. The van der Waals surface area contributed by atoms with Crippen LogP contribution in [0.4, 0.5) is 0 Å². The highest BCUT2D eigenvalue weighted by Crippen LogP contribution is 2.46. The van der Waals surface area contributed by atoms with Crippen molar-refractivity contribution in [1.82, 2.24) is 14.1 Å². The monoisotopic (exact) mass is 523 g/mol. The second-order valence-corrected chi connectivity index (χ2v) is 10.4. The molecule has 0 amide bonds. The van der Waals surface area contributed by atoms with Crippen LogP contribution in [0.2, 0.25) is 0 Å². The van der Waals surface area contributed by atoms with Gasteiger partial charge in [-0.15, -0.1) is 0 Å². The molecule has 2 aliphatic heterocycles. The Kier molecular flexibility index (Phi) is 4.27. The van der Waals surface area contributed by atoms with Crippen molar-refractivity contribution >= 4 is 39.1 Å². The molecule has 2 aromatic heterocycles. The van der Waals surface area contributed by atoms with Crippen LogP contribution in [0.5, 0.6) is 17.4 Å². The number of aromatic hydroxyl groups is 1. The Morgan fingerprint density at radius 3 is 2.70 bits per heavy atom. The molecule has 1 unspecified atom stereocenters. The molecule has 6 nitrogen and oxygen atoms in total. The zero-order valence-electron chi connectivity index (χ0n) is 17.8. The molecular weight excluding hydrogens is 502 g/mol. The van der Waals surface area contributed by atoms with Gasteiger partial charge in [-0.05, 0) is 66.5 Å². The Morgan fingerprint density at radius 2 is 1.85 bits per heavy atom. The van der Waals surface area contributed by atoms with Crippen molar-refractivity contribution in [3.8, 4) is 17.4 Å². The Morgan fingerprint density at radius 1 is 1.03 bits per heavy atom. The van der Waals surface area contributed by atoms with Gasteiger partial charge in [0.2, 0.25) is 12.7 Å². The first kappa shape index (κ1) is 19.7. The maximum absolute atomic E-state index is 11.4. The van der Waals surface area contributed by atoms with E-state index >= 15 is 0 Å². The van der Waals surface area contributed by atoms with E-state index in [1.54, 1.807) is 0 Å². The number of hydrogen-bond acceptors (Lipinski definition) is 4. The minimum Gasteiger partial charge on any atom is -0.493 e. The number of aromatic nitrogens is 3. The first-order chi connectivity index (χ1) is 16.1. The number of rotatable bonds is 2. The number of hydrogen-bond donors (Lipinski definition) is 2. The third-order valence-corrected chi connectivity index (χ3v) is 8.26. The van der Waals surface area contributed by atoms with Crippen molar-refractivity contribution in [3.05, 3.63) is 68.2 Å². The van der Waals surface area contributed by atoms with Crippen LogP contribution in [0, 0.1) is 4.77 Å². The Bertz CT molecular complexity index is 1500. The standard InChI is InChI=1S/C25H22BrN3O3S/c26-14-6-7-18-16(10-14)17-11-19-24(30)28(15-3-1-2-4-15)25(33)29(19)23(22(17)27-18)13-5-8-20-21(9-13)32-12-31-20/h5-10,15,23,27,30H,1-4,11-12H2. The van der Waals surface area contributed by atoms with Crippen molar-refractivity contribution in [3.63, 3.8) is 0 Å². The summed E-state index contributed by atoms with van der Waals surface area (Å²) in [5.74, 6) is 1.81. The van der Waals surface area contributed by atoms with E-state index in [-0.39, 0.29) is 18.9 Å². The average Bonchev–Trinajstić information content (AvgIpc) is 3.59. The van der Waals surface area contributed by atoms with Gasteiger partial charge in [0.05, 0.1) is 5.69 Å². The van der Waals surface area contributed by atoms with Crippen molar-refractivity contribution in [2.45, 2.75) is 44.2 Å². The van der Waals surface area contributed by atoms with Crippen LogP contribution in [-0.2, 0) is 6.42 Å². The maximum atomic E-state index is 11.4. The van der Waals surface area contributed by atoms with E-state index in [1.807, 2.05) is 22.8 Å². The van der Waals surface area contributed by atoms with Gasteiger partial charge in [0.1, 0.15) is 6.04 Å². The van der Waals surface area contributed by atoms with Gasteiger partial charge >= 0.3 is 0 Å². The number of H-pyrrole nitrogens is 1. The molecule has 2 aromatic carbocycles. The number of fused-ring (bicyclic) bond motifs is 5. The molecule has 33 heavy (non-hydrogen) atoms. The normalized spacial score (nSPS) is 19.2. The lowest BCUT2D eigenvalue weighted by atomic mass is 9.93. The molecule has 1 atom stereocenters. The lowest BCUT2D eigenvalue weighted by Gasteiger charge is -2.27. The van der Waals surface area contributed by atoms with Crippen LogP contribution in [0.3, 0.4) is 0 Å². The molecule has 8 heteroatoms. The summed E-state index contributed by atoms with van der Waals surface area (Å²) >= 11 is 9.66. The topological polar surface area (TPSA) is 64.3 Å². The molecule has 1 fully saturated rings. The third-order valence-electron chi connectivity index (χ3n) is 7.37. The molecule has 0 bridgehead atoms. The zero-order chi connectivity index (χ0) is 22.3. The summed E-state index contributed by atoms with van der Waals surface area (Å²) in [6.45, 7) is 0.235. The first-order valence-corrected chi connectivity index (χ1v) is 12.5. The van der Waals surface area contributed by atoms with E-state index in [2.05, 4.69) is 43.7 Å². The Balaban J connectivity index is 1.51. The first-order valence-electron chi connectivity index (χ1n) is 11.3. The van der Waals surface area contributed by atoms with E-state index in [1.165, 1.54) is 18.4 Å². The highest BCUT2D eigenvalue weighted by Gasteiger charge is 2.36. The number of aromatic amines is 1. The molecule has 168 valence electrons. The molecule has 0 saturated heterocycles. The fourth-order valence-corrected chi connectivity index (χ4v) is 6.66. The van der Waals surface area contributed by atoms with Gasteiger partial charge < -0.3 is 24.1 Å². The maximum Gasteiger partial charge on any atom is 0.231 e. The summed E-state index contributed by atoms with van der Waals surface area (Å²) in [5.41, 5.74) is 5.31. The average molecular weight is 524 g/mol. The van der Waals surface area contributed by atoms with E-state index in [0.29, 0.717) is 17.1 Å². The molecule has 4 aromatic rings. The van der Waals surface area contributed by atoms with Gasteiger partial charge in [0, 0.05) is 33.5 Å². The van der Waals surface area contributed by atoms with Crippen LogP contribution in [0.15, 0.2) is 40.9 Å². The number of ether oxygens (including phenoxy) is 2. The zero-order valence-corrected chi connectivity index (χ0v) is 20.2. The van der Waals surface area contributed by atoms with Gasteiger partial charge in [0.25, 0.3) is 0 Å². The SMILES string of the molecule is Oc1c2n(c(=S)n1C1CCCC1)C(c1ccc3c(c1)OCO3)c1[nH]c3ccc(Br)cc3c1C2. The summed E-state index contributed by atoms with van der Waals surface area (Å²) in [6, 6.07) is 12.4. The van der Waals surface area contributed by atoms with Gasteiger partial charge in [-0.25, -0.2) is 0 Å². The predicted molar refractivity (Wildman–Crippen MR) is 131 cm³/mol. The predicted octanol–water partition coefficient (Wildman–Crippen LogP) is 6.35. The van der Waals surface area contributed by atoms with Crippen molar-refractivity contribution in [1.29, 1.82) is 0 Å². The molecular formula is C25H22BrN3O3S. The Labute approximate surface area is 203 Å². The molecule has 4 heterocycles. The highest BCUT2D eigenvalue weighted by atomic mass is 79.9. The molecule has 7 rings (SSSR count). The number of benzene rings is 2. The second kappa shape index (κ2) is 7.14. The van der Waals surface area contributed by atoms with E-state index < -0.39 is 0 Å². The van der Waals surface area contributed by atoms with Crippen LogP contribution in [0.1, 0.15) is 60.3 Å². The molecule has 1 saturated carbocycles. The fourth-order valence-electron chi connectivity index (χ4n) is 5.85. The lowest BCUT2D eigenvalue weighted by Crippen LogP contribution is -2.22. The van der Waals surface area contributed by atoms with Gasteiger partial charge in [-0.1, -0.05) is 34.8 Å². The quantitative estimate of drug-likeness (QED) is 0.264. The summed E-state index contributed by atoms with van der Waals surface area (Å²) in [5, 5.41) is 12.6. The lowest BCUT2D eigenvalue weighted by molar-refractivity contribution is 0.174. The number of nitrogens with zero attached hydrogens (tertiary/aromatic N) is 2.